The molecule has 0 bridgehead atoms. The highest BCUT2D eigenvalue weighted by atomic mass is 19.3. The van der Waals surface area contributed by atoms with Crippen LogP contribution in [0.15, 0.2) is 47.4 Å². The molecule has 1 unspecified atom stereocenters. The van der Waals surface area contributed by atoms with E-state index in [0.717, 1.165) is 16.8 Å². The molecule has 0 fully saturated rings. The first-order valence-electron chi connectivity index (χ1n) is 11.0. The quantitative estimate of drug-likeness (QED) is 0.424. The van der Waals surface area contributed by atoms with E-state index in [2.05, 4.69) is 25.1 Å². The Morgan fingerprint density at radius 2 is 2.11 bits per heavy atom. The Hall–Kier alpha value is -4.35. The van der Waals surface area contributed by atoms with Gasteiger partial charge in [0.2, 0.25) is 11.7 Å². The second-order valence-electron chi connectivity index (χ2n) is 8.42. The maximum Gasteiger partial charge on any atom is 0.292 e. The third kappa shape index (κ3) is 3.40. The molecule has 1 aliphatic rings. The Bertz CT molecular complexity index is 1560. The molecule has 35 heavy (non-hydrogen) atoms. The number of carbonyl (C=O) groups excluding carboxylic acids is 1. The highest BCUT2D eigenvalue weighted by Gasteiger charge is 2.40. The van der Waals surface area contributed by atoms with Gasteiger partial charge >= 0.3 is 0 Å². The summed E-state index contributed by atoms with van der Waals surface area (Å²) >= 11 is 0. The monoisotopic (exact) mass is 478 g/mol. The zero-order valence-corrected chi connectivity index (χ0v) is 18.8. The van der Waals surface area contributed by atoms with E-state index < -0.39 is 29.8 Å². The van der Waals surface area contributed by atoms with Crippen molar-refractivity contribution in [3.63, 3.8) is 0 Å². The Balaban J connectivity index is 1.46. The van der Waals surface area contributed by atoms with E-state index in [9.17, 15) is 13.6 Å². The summed E-state index contributed by atoms with van der Waals surface area (Å²) in [4.78, 5) is 26.7. The van der Waals surface area contributed by atoms with Crippen LogP contribution in [0, 0.1) is 6.92 Å². The number of nitrogens with zero attached hydrogens (tertiary/aromatic N) is 7. The SMILES string of the molecule is Cc1cccn2nc(C3c4nc[nH]c4CCN3C(=O)c3oc(-c4ccn(C)n4)nc3C(F)F)cc12. The second-order valence-corrected chi connectivity index (χ2v) is 8.42. The van der Waals surface area contributed by atoms with Crippen molar-refractivity contribution in [3.8, 4) is 11.6 Å². The molecule has 6 heterocycles. The van der Waals surface area contributed by atoms with Crippen LogP contribution in [0.3, 0.4) is 0 Å². The van der Waals surface area contributed by atoms with E-state index >= 15 is 0 Å². The van der Waals surface area contributed by atoms with Gasteiger partial charge in [-0.15, -0.1) is 0 Å². The van der Waals surface area contributed by atoms with E-state index in [-0.39, 0.29) is 18.1 Å². The number of hydrogen-bond donors (Lipinski definition) is 1. The summed E-state index contributed by atoms with van der Waals surface area (Å²) in [6, 6.07) is 6.62. The van der Waals surface area contributed by atoms with Gasteiger partial charge in [0, 0.05) is 38.1 Å². The molecular formula is C23H20F2N8O2. The number of aryl methyl sites for hydroxylation is 2. The average Bonchev–Trinajstić information content (AvgIpc) is 3.62. The highest BCUT2D eigenvalue weighted by molar-refractivity contribution is 5.93. The van der Waals surface area contributed by atoms with Crippen LogP contribution >= 0.6 is 0 Å². The Kier molecular flexibility index (Phi) is 4.76. The van der Waals surface area contributed by atoms with Crippen molar-refractivity contribution in [1.82, 2.24) is 39.2 Å². The van der Waals surface area contributed by atoms with Crippen LogP contribution in [-0.4, -0.2) is 51.7 Å². The number of rotatable bonds is 4. The minimum absolute atomic E-state index is 0.137. The van der Waals surface area contributed by atoms with Gasteiger partial charge in [0.25, 0.3) is 12.3 Å². The number of oxazole rings is 1. The molecule has 178 valence electrons. The van der Waals surface area contributed by atoms with E-state index in [4.69, 9.17) is 4.42 Å². The highest BCUT2D eigenvalue weighted by Crippen LogP contribution is 2.36. The minimum Gasteiger partial charge on any atom is -0.429 e. The normalized spacial score (nSPS) is 15.8. The van der Waals surface area contributed by atoms with Crippen LogP contribution in [0.5, 0.6) is 0 Å². The largest absolute Gasteiger partial charge is 0.429 e. The fraction of sp³-hybridized carbons (Fsp3) is 0.261. The molecule has 10 nitrogen and oxygen atoms in total. The number of fused-ring (bicyclic) bond motifs is 2. The van der Waals surface area contributed by atoms with Crippen LogP contribution < -0.4 is 0 Å². The summed E-state index contributed by atoms with van der Waals surface area (Å²) in [6.07, 6.45) is 2.49. The lowest BCUT2D eigenvalue weighted by Gasteiger charge is -2.33. The van der Waals surface area contributed by atoms with Crippen LogP contribution in [0.2, 0.25) is 0 Å². The van der Waals surface area contributed by atoms with Gasteiger partial charge in [-0.05, 0) is 30.7 Å². The molecule has 1 aliphatic heterocycles. The summed E-state index contributed by atoms with van der Waals surface area (Å²) < 4.78 is 36.7. The van der Waals surface area contributed by atoms with Gasteiger partial charge in [-0.3, -0.25) is 9.48 Å². The number of H-pyrrole nitrogens is 1. The van der Waals surface area contributed by atoms with Crippen molar-refractivity contribution in [2.45, 2.75) is 25.8 Å². The number of carbonyl (C=O) groups is 1. The predicted octanol–water partition coefficient (Wildman–Crippen LogP) is 3.48. The van der Waals surface area contributed by atoms with Crippen LogP contribution in [0.25, 0.3) is 17.1 Å². The summed E-state index contributed by atoms with van der Waals surface area (Å²) in [5.41, 5.74) is 3.49. The third-order valence-electron chi connectivity index (χ3n) is 6.19. The summed E-state index contributed by atoms with van der Waals surface area (Å²) in [7, 11) is 1.68. The number of hydrogen-bond acceptors (Lipinski definition) is 6. The third-order valence-corrected chi connectivity index (χ3v) is 6.19. The van der Waals surface area contributed by atoms with Gasteiger partial charge in [0.1, 0.15) is 11.7 Å². The lowest BCUT2D eigenvalue weighted by molar-refractivity contribution is 0.0640. The molecule has 5 aromatic heterocycles. The van der Waals surface area contributed by atoms with Gasteiger partial charge in [0.05, 0.1) is 23.2 Å². The van der Waals surface area contributed by atoms with Gasteiger partial charge in [-0.2, -0.15) is 10.2 Å². The lowest BCUT2D eigenvalue weighted by atomic mass is 9.99. The number of alkyl halides is 2. The van der Waals surface area contributed by atoms with Crippen molar-refractivity contribution >= 4 is 11.4 Å². The zero-order valence-electron chi connectivity index (χ0n) is 18.8. The first-order chi connectivity index (χ1) is 16.9. The number of halogens is 2. The van der Waals surface area contributed by atoms with Crippen molar-refractivity contribution < 1.29 is 18.0 Å². The lowest BCUT2D eigenvalue weighted by Crippen LogP contribution is -2.41. The maximum atomic E-state index is 13.9. The van der Waals surface area contributed by atoms with Gasteiger partial charge in [-0.25, -0.2) is 23.3 Å². The molecule has 1 N–H and O–H groups in total. The number of imidazole rings is 1. The van der Waals surface area contributed by atoms with Crippen LogP contribution in [-0.2, 0) is 13.5 Å². The second kappa shape index (κ2) is 7.86. The molecule has 0 aliphatic carbocycles. The predicted molar refractivity (Wildman–Crippen MR) is 119 cm³/mol. The number of aromatic amines is 1. The topological polar surface area (TPSA) is 110 Å². The van der Waals surface area contributed by atoms with E-state index in [1.165, 1.54) is 9.58 Å². The minimum atomic E-state index is -3.00. The number of pyridine rings is 1. The molecule has 6 rings (SSSR count). The first-order valence-corrected chi connectivity index (χ1v) is 11.0. The molecule has 0 spiro atoms. The first kappa shape index (κ1) is 21.2. The van der Waals surface area contributed by atoms with Crippen molar-refractivity contribution in [2.75, 3.05) is 6.54 Å². The van der Waals surface area contributed by atoms with Gasteiger partial charge < -0.3 is 14.3 Å². The average molecular weight is 478 g/mol. The molecule has 0 aromatic carbocycles. The Labute approximate surface area is 197 Å². The summed E-state index contributed by atoms with van der Waals surface area (Å²) in [5.74, 6) is -1.35. The van der Waals surface area contributed by atoms with Crippen molar-refractivity contribution in [2.24, 2.45) is 7.05 Å². The Morgan fingerprint density at radius 1 is 1.26 bits per heavy atom. The molecule has 1 atom stereocenters. The summed E-state index contributed by atoms with van der Waals surface area (Å²) in [5, 5.41) is 8.82. The fourth-order valence-corrected chi connectivity index (χ4v) is 4.51. The zero-order chi connectivity index (χ0) is 24.3. The summed E-state index contributed by atoms with van der Waals surface area (Å²) in [6.45, 7) is 2.22. The molecule has 0 saturated heterocycles. The van der Waals surface area contributed by atoms with Crippen LogP contribution in [0.4, 0.5) is 8.78 Å². The van der Waals surface area contributed by atoms with Crippen molar-refractivity contribution in [3.05, 3.63) is 77.1 Å². The number of aromatic nitrogens is 7. The molecule has 1 amide bonds. The molecule has 0 saturated carbocycles. The maximum absolute atomic E-state index is 13.9. The molecule has 12 heteroatoms. The standard InChI is InChI=1S/C23H20F2N8O2/c1-12-4-3-7-33-16(12)10-15(30-33)19-17-13(26-11-27-17)6-9-32(19)23(34)20-18(21(24)25)28-22(35-20)14-5-8-31(2)29-14/h3-5,7-8,10-11,19,21H,6,9H2,1-2H3,(H,26,27). The molecular weight excluding hydrogens is 458 g/mol. The smallest absolute Gasteiger partial charge is 0.292 e. The molecule has 5 aromatic rings. The van der Waals surface area contributed by atoms with Gasteiger partial charge in [0.15, 0.2) is 5.69 Å². The van der Waals surface area contributed by atoms with Gasteiger partial charge in [-0.1, -0.05) is 6.07 Å². The van der Waals surface area contributed by atoms with Crippen LogP contribution in [0.1, 0.15) is 51.4 Å². The van der Waals surface area contributed by atoms with E-state index in [1.807, 2.05) is 31.3 Å². The van der Waals surface area contributed by atoms with E-state index in [1.54, 1.807) is 30.2 Å². The molecule has 0 radical (unpaired) electrons. The number of amides is 1. The Morgan fingerprint density at radius 3 is 2.86 bits per heavy atom. The van der Waals surface area contributed by atoms with E-state index in [0.29, 0.717) is 17.8 Å². The fourth-order valence-electron chi connectivity index (χ4n) is 4.51. The van der Waals surface area contributed by atoms with Crippen molar-refractivity contribution in [1.29, 1.82) is 0 Å². The number of nitrogens with one attached hydrogen (secondary N) is 1.